The second-order valence-electron chi connectivity index (χ2n) is 10.8. The zero-order valence-electron chi connectivity index (χ0n) is 25.2. The molecule has 0 radical (unpaired) electrons. The summed E-state index contributed by atoms with van der Waals surface area (Å²) in [7, 11) is -4.14. The van der Waals surface area contributed by atoms with E-state index in [1.807, 2.05) is 75.4 Å². The van der Waals surface area contributed by atoms with Crippen LogP contribution in [0, 0.1) is 13.8 Å². The number of carbonyl (C=O) groups excluding carboxylic acids is 2. The normalized spacial score (nSPS) is 11.9. The van der Waals surface area contributed by atoms with Gasteiger partial charge >= 0.3 is 0 Å². The first-order valence-corrected chi connectivity index (χ1v) is 16.8. The van der Waals surface area contributed by atoms with Crippen molar-refractivity contribution in [2.45, 2.75) is 51.1 Å². The minimum Gasteiger partial charge on any atom is -0.354 e. The Morgan fingerprint density at radius 2 is 1.48 bits per heavy atom. The largest absolute Gasteiger partial charge is 0.354 e. The predicted molar refractivity (Wildman–Crippen MR) is 179 cm³/mol. The van der Waals surface area contributed by atoms with Gasteiger partial charge in [-0.2, -0.15) is 0 Å². The Labute approximate surface area is 269 Å². The van der Waals surface area contributed by atoms with E-state index in [4.69, 9.17) is 0 Å². The van der Waals surface area contributed by atoms with Gasteiger partial charge in [0.2, 0.25) is 11.8 Å². The van der Waals surface area contributed by atoms with Gasteiger partial charge < -0.3 is 10.2 Å². The molecule has 0 fully saturated rings. The van der Waals surface area contributed by atoms with Crippen LogP contribution in [0.2, 0.25) is 0 Å². The predicted octanol–water partition coefficient (Wildman–Crippen LogP) is 6.43. The molecule has 0 aliphatic heterocycles. The lowest BCUT2D eigenvalue weighted by Crippen LogP contribution is -2.53. The minimum absolute atomic E-state index is 0.0746. The Kier molecular flexibility index (Phi) is 11.4. The van der Waals surface area contributed by atoms with E-state index in [0.29, 0.717) is 12.2 Å². The monoisotopic (exact) mass is 675 g/mol. The van der Waals surface area contributed by atoms with Crippen molar-refractivity contribution in [1.82, 2.24) is 10.2 Å². The summed E-state index contributed by atoms with van der Waals surface area (Å²) in [5.41, 5.74) is 4.01. The van der Waals surface area contributed by atoms with Crippen molar-refractivity contribution in [2.24, 2.45) is 0 Å². The maximum Gasteiger partial charge on any atom is 0.264 e. The fourth-order valence-electron chi connectivity index (χ4n) is 4.90. The van der Waals surface area contributed by atoms with Crippen LogP contribution in [0.4, 0.5) is 5.69 Å². The lowest BCUT2D eigenvalue weighted by molar-refractivity contribution is -0.140. The molecule has 1 atom stereocenters. The van der Waals surface area contributed by atoms with Crippen LogP contribution in [0.5, 0.6) is 0 Å². The molecular formula is C35H38BrN3O4S. The third-order valence-corrected chi connectivity index (χ3v) is 9.57. The van der Waals surface area contributed by atoms with Gasteiger partial charge in [0.25, 0.3) is 10.0 Å². The van der Waals surface area contributed by atoms with Crippen LogP contribution in [0.15, 0.2) is 112 Å². The molecule has 0 bridgehead atoms. The molecular weight excluding hydrogens is 638 g/mol. The van der Waals surface area contributed by atoms with E-state index < -0.39 is 28.5 Å². The number of sulfonamides is 1. The third kappa shape index (κ3) is 8.57. The lowest BCUT2D eigenvalue weighted by Gasteiger charge is -2.34. The highest BCUT2D eigenvalue weighted by molar-refractivity contribution is 9.10. The molecule has 7 nitrogen and oxygen atoms in total. The smallest absolute Gasteiger partial charge is 0.264 e. The molecule has 0 spiro atoms. The molecule has 0 unspecified atom stereocenters. The van der Waals surface area contributed by atoms with Crippen LogP contribution in [0.3, 0.4) is 0 Å². The number of nitrogens with zero attached hydrogens (tertiary/aromatic N) is 2. The van der Waals surface area contributed by atoms with E-state index >= 15 is 0 Å². The summed E-state index contributed by atoms with van der Waals surface area (Å²) >= 11 is 3.41. The van der Waals surface area contributed by atoms with E-state index in [0.717, 1.165) is 37.5 Å². The van der Waals surface area contributed by atoms with E-state index in [9.17, 15) is 18.0 Å². The number of halogens is 1. The van der Waals surface area contributed by atoms with Gasteiger partial charge in [-0.25, -0.2) is 8.42 Å². The zero-order valence-corrected chi connectivity index (χ0v) is 27.6. The highest BCUT2D eigenvalue weighted by Gasteiger charge is 2.34. The Bertz CT molecular complexity index is 1660. The van der Waals surface area contributed by atoms with Gasteiger partial charge in [-0.05, 0) is 67.8 Å². The molecule has 4 aromatic rings. The molecule has 4 aromatic carbocycles. The third-order valence-electron chi connectivity index (χ3n) is 7.26. The van der Waals surface area contributed by atoms with Crippen molar-refractivity contribution >= 4 is 43.5 Å². The summed E-state index contributed by atoms with van der Waals surface area (Å²) in [6, 6.07) is 29.7. The number of benzene rings is 4. The fourth-order valence-corrected chi connectivity index (χ4v) is 6.58. The second kappa shape index (κ2) is 15.2. The van der Waals surface area contributed by atoms with Crippen LogP contribution in [0.25, 0.3) is 0 Å². The summed E-state index contributed by atoms with van der Waals surface area (Å²) in [6.07, 6.45) is 1.01. The molecule has 1 N–H and O–H groups in total. The van der Waals surface area contributed by atoms with Crippen LogP contribution >= 0.6 is 15.9 Å². The summed E-state index contributed by atoms with van der Waals surface area (Å²) in [4.78, 5) is 29.8. The first-order chi connectivity index (χ1) is 21.1. The van der Waals surface area contributed by atoms with Crippen molar-refractivity contribution in [1.29, 1.82) is 0 Å². The number of hydrogen-bond acceptors (Lipinski definition) is 4. The molecule has 0 saturated heterocycles. The van der Waals surface area contributed by atoms with E-state index in [1.165, 1.54) is 4.90 Å². The maximum atomic E-state index is 14.5. The highest BCUT2D eigenvalue weighted by Crippen LogP contribution is 2.27. The maximum absolute atomic E-state index is 14.5. The average molecular weight is 677 g/mol. The summed E-state index contributed by atoms with van der Waals surface area (Å²) < 4.78 is 30.1. The van der Waals surface area contributed by atoms with Gasteiger partial charge in [0.15, 0.2) is 0 Å². The van der Waals surface area contributed by atoms with Gasteiger partial charge in [-0.3, -0.25) is 13.9 Å². The number of hydrogen-bond donors (Lipinski definition) is 1. The van der Waals surface area contributed by atoms with E-state index in [-0.39, 0.29) is 23.8 Å². The van der Waals surface area contributed by atoms with E-state index in [2.05, 4.69) is 21.2 Å². The Morgan fingerprint density at radius 1 is 0.818 bits per heavy atom. The number of carbonyl (C=O) groups is 2. The Morgan fingerprint density at radius 3 is 2.11 bits per heavy atom. The lowest BCUT2D eigenvalue weighted by atomic mass is 10.0. The van der Waals surface area contributed by atoms with Crippen molar-refractivity contribution < 1.29 is 18.0 Å². The molecule has 0 aromatic heterocycles. The van der Waals surface area contributed by atoms with Crippen molar-refractivity contribution in [3.8, 4) is 0 Å². The standard InChI is InChI=1S/C35H38BrN3O4S/c1-4-21-37-35(41)33(23-28-10-6-5-7-11-28)38(24-29-12-8-9-27(3)22-29)34(40)25-39(31-17-15-30(36)16-18-31)44(42,43)32-19-13-26(2)14-20-32/h5-20,22,33H,4,21,23-25H2,1-3H3,(H,37,41)/t33-/m1/s1. The first kappa shape index (κ1) is 33.0. The van der Waals surface area contributed by atoms with E-state index in [1.54, 1.807) is 48.5 Å². The van der Waals surface area contributed by atoms with Gasteiger partial charge in [0.05, 0.1) is 10.6 Å². The number of nitrogens with one attached hydrogen (secondary N) is 1. The molecule has 44 heavy (non-hydrogen) atoms. The van der Waals surface area contributed by atoms with Gasteiger partial charge in [-0.1, -0.05) is 101 Å². The van der Waals surface area contributed by atoms with Crippen molar-refractivity contribution in [3.05, 3.63) is 130 Å². The van der Waals surface area contributed by atoms with Gasteiger partial charge in [-0.15, -0.1) is 0 Å². The van der Waals surface area contributed by atoms with Crippen LogP contribution in [-0.4, -0.2) is 44.3 Å². The molecule has 0 aliphatic carbocycles. The van der Waals surface area contributed by atoms with Crippen molar-refractivity contribution in [3.63, 3.8) is 0 Å². The molecule has 0 saturated carbocycles. The Hall–Kier alpha value is -3.95. The number of rotatable bonds is 13. The quantitative estimate of drug-likeness (QED) is 0.177. The molecule has 0 aliphatic rings. The SMILES string of the molecule is CCCNC(=O)[C@@H](Cc1ccccc1)N(Cc1cccc(C)c1)C(=O)CN(c1ccc(Br)cc1)S(=O)(=O)c1ccc(C)cc1. The first-order valence-electron chi connectivity index (χ1n) is 14.6. The second-order valence-corrected chi connectivity index (χ2v) is 13.6. The molecule has 230 valence electrons. The average Bonchev–Trinajstić information content (AvgIpc) is 3.01. The molecule has 9 heteroatoms. The van der Waals surface area contributed by atoms with Crippen LogP contribution in [0.1, 0.15) is 35.6 Å². The van der Waals surface area contributed by atoms with Crippen LogP contribution in [-0.2, 0) is 32.6 Å². The molecule has 0 heterocycles. The highest BCUT2D eigenvalue weighted by atomic mass is 79.9. The van der Waals surface area contributed by atoms with Gasteiger partial charge in [0.1, 0.15) is 12.6 Å². The summed E-state index contributed by atoms with van der Waals surface area (Å²) in [5, 5.41) is 2.97. The zero-order chi connectivity index (χ0) is 31.7. The molecule has 2 amide bonds. The summed E-state index contributed by atoms with van der Waals surface area (Å²) in [5.74, 6) is -0.772. The topological polar surface area (TPSA) is 86.8 Å². The van der Waals surface area contributed by atoms with Crippen LogP contribution < -0.4 is 9.62 Å². The van der Waals surface area contributed by atoms with Crippen molar-refractivity contribution in [2.75, 3.05) is 17.4 Å². The number of aryl methyl sites for hydroxylation is 2. The minimum atomic E-state index is -4.14. The Balaban J connectivity index is 1.79. The fraction of sp³-hybridized carbons (Fsp3) is 0.257. The van der Waals surface area contributed by atoms with Gasteiger partial charge in [0, 0.05) is 24.0 Å². The summed E-state index contributed by atoms with van der Waals surface area (Å²) in [6.45, 7) is 5.92. The number of amides is 2. The number of anilines is 1. The molecule has 4 rings (SSSR count).